The van der Waals surface area contributed by atoms with E-state index in [1.165, 1.54) is 23.5 Å². The number of carbonyl (C=O) groups is 2. The lowest BCUT2D eigenvalue weighted by atomic mass is 10.1. The van der Waals surface area contributed by atoms with Crippen molar-refractivity contribution < 1.29 is 14.7 Å². The summed E-state index contributed by atoms with van der Waals surface area (Å²) in [6.45, 7) is 1.91. The molecule has 0 atom stereocenters. The fourth-order valence-electron chi connectivity index (χ4n) is 2.41. The van der Waals surface area contributed by atoms with Crippen molar-refractivity contribution in [2.24, 2.45) is 0 Å². The van der Waals surface area contributed by atoms with Crippen LogP contribution in [0, 0.1) is 6.92 Å². The number of thiocarbonyl (C=S) groups is 1. The first-order valence-electron chi connectivity index (χ1n) is 7.39. The number of hydrogen-bond acceptors (Lipinski definition) is 4. The number of fused-ring (bicyclic) bond motifs is 1. The van der Waals surface area contributed by atoms with Gasteiger partial charge in [0.05, 0.1) is 10.4 Å². The maximum absolute atomic E-state index is 12.5. The SMILES string of the molecule is Cc1c(C(=O)NC(=S)Nc2ccc(C(=O)O)cc2)sc2ccccc12. The highest BCUT2D eigenvalue weighted by molar-refractivity contribution is 7.80. The van der Waals surface area contributed by atoms with Crippen molar-refractivity contribution in [1.82, 2.24) is 5.32 Å². The molecule has 5 nitrogen and oxygen atoms in total. The summed E-state index contributed by atoms with van der Waals surface area (Å²) in [5, 5.41) is 15.6. The van der Waals surface area contributed by atoms with Crippen LogP contribution in [0.15, 0.2) is 48.5 Å². The van der Waals surface area contributed by atoms with E-state index in [1.807, 2.05) is 31.2 Å². The Bertz CT molecular complexity index is 978. The highest BCUT2D eigenvalue weighted by Gasteiger charge is 2.16. The molecule has 3 N–H and O–H groups in total. The molecule has 3 aromatic rings. The van der Waals surface area contributed by atoms with Gasteiger partial charge in [0, 0.05) is 10.4 Å². The van der Waals surface area contributed by atoms with E-state index in [4.69, 9.17) is 17.3 Å². The molecule has 0 unspecified atom stereocenters. The molecule has 1 aromatic heterocycles. The minimum atomic E-state index is -0.998. The Morgan fingerprint density at radius 2 is 1.76 bits per heavy atom. The Kier molecular flexibility index (Phi) is 4.78. The van der Waals surface area contributed by atoms with Crippen LogP contribution in [0.3, 0.4) is 0 Å². The first-order valence-corrected chi connectivity index (χ1v) is 8.62. The van der Waals surface area contributed by atoms with Crippen LogP contribution in [0.25, 0.3) is 10.1 Å². The second kappa shape index (κ2) is 7.00. The summed E-state index contributed by atoms with van der Waals surface area (Å²) in [5.74, 6) is -1.26. The topological polar surface area (TPSA) is 78.4 Å². The van der Waals surface area contributed by atoms with Gasteiger partial charge in [-0.3, -0.25) is 10.1 Å². The van der Waals surface area contributed by atoms with E-state index >= 15 is 0 Å². The molecule has 0 radical (unpaired) electrons. The van der Waals surface area contributed by atoms with Crippen LogP contribution in [-0.2, 0) is 0 Å². The zero-order valence-electron chi connectivity index (χ0n) is 13.2. The number of carboxylic acid groups (broad SMARTS) is 1. The quantitative estimate of drug-likeness (QED) is 0.607. The zero-order chi connectivity index (χ0) is 18.0. The van der Waals surface area contributed by atoms with Crippen molar-refractivity contribution in [3.63, 3.8) is 0 Å². The van der Waals surface area contributed by atoms with Gasteiger partial charge in [-0.05, 0) is 60.4 Å². The third-order valence-corrected chi connectivity index (χ3v) is 5.14. The monoisotopic (exact) mass is 370 g/mol. The summed E-state index contributed by atoms with van der Waals surface area (Å²) in [5.41, 5.74) is 1.71. The lowest BCUT2D eigenvalue weighted by Gasteiger charge is -2.09. The van der Waals surface area contributed by atoms with Crippen LogP contribution < -0.4 is 10.6 Å². The first-order chi connectivity index (χ1) is 12.0. The molecular formula is C18H14N2O3S2. The molecule has 7 heteroatoms. The van der Waals surface area contributed by atoms with Gasteiger partial charge in [-0.25, -0.2) is 4.79 Å². The normalized spacial score (nSPS) is 10.4. The van der Waals surface area contributed by atoms with Gasteiger partial charge in [-0.2, -0.15) is 0 Å². The smallest absolute Gasteiger partial charge is 0.335 e. The molecule has 126 valence electrons. The average molecular weight is 370 g/mol. The van der Waals surface area contributed by atoms with Crippen LogP contribution in [-0.4, -0.2) is 22.1 Å². The summed E-state index contributed by atoms with van der Waals surface area (Å²) < 4.78 is 1.05. The van der Waals surface area contributed by atoms with E-state index in [2.05, 4.69) is 10.6 Å². The summed E-state index contributed by atoms with van der Waals surface area (Å²) >= 11 is 6.59. The molecule has 1 heterocycles. The van der Waals surface area contributed by atoms with Crippen molar-refractivity contribution in [3.05, 3.63) is 64.5 Å². The predicted octanol–water partition coefficient (Wildman–Crippen LogP) is 4.03. The van der Waals surface area contributed by atoms with Crippen molar-refractivity contribution in [3.8, 4) is 0 Å². The van der Waals surface area contributed by atoms with E-state index in [0.717, 1.165) is 15.6 Å². The molecule has 0 bridgehead atoms. The number of hydrogen-bond donors (Lipinski definition) is 3. The van der Waals surface area contributed by atoms with Crippen molar-refractivity contribution >= 4 is 56.3 Å². The van der Waals surface area contributed by atoms with Crippen LogP contribution in [0.4, 0.5) is 5.69 Å². The summed E-state index contributed by atoms with van der Waals surface area (Å²) in [6, 6.07) is 13.9. The van der Waals surface area contributed by atoms with E-state index in [0.29, 0.717) is 10.6 Å². The number of thiophene rings is 1. The second-order valence-electron chi connectivity index (χ2n) is 5.34. The van der Waals surface area contributed by atoms with Crippen LogP contribution in [0.5, 0.6) is 0 Å². The maximum Gasteiger partial charge on any atom is 0.335 e. The molecule has 0 aliphatic heterocycles. The van der Waals surface area contributed by atoms with Crippen LogP contribution in [0.2, 0.25) is 0 Å². The Morgan fingerprint density at radius 1 is 1.08 bits per heavy atom. The number of rotatable bonds is 3. The number of carboxylic acids is 1. The molecule has 1 amide bonds. The van der Waals surface area contributed by atoms with Gasteiger partial charge >= 0.3 is 5.97 Å². The minimum Gasteiger partial charge on any atom is -0.478 e. The van der Waals surface area contributed by atoms with Crippen LogP contribution >= 0.6 is 23.6 Å². The van der Waals surface area contributed by atoms with Gasteiger partial charge in [-0.1, -0.05) is 18.2 Å². The van der Waals surface area contributed by atoms with Crippen molar-refractivity contribution in [2.75, 3.05) is 5.32 Å². The van der Waals surface area contributed by atoms with Gasteiger partial charge in [0.25, 0.3) is 5.91 Å². The third-order valence-electron chi connectivity index (χ3n) is 3.67. The lowest BCUT2D eigenvalue weighted by molar-refractivity contribution is 0.0696. The Hall–Kier alpha value is -2.77. The third kappa shape index (κ3) is 3.67. The number of anilines is 1. The molecule has 0 saturated carbocycles. The van der Waals surface area contributed by atoms with Gasteiger partial charge in [0.1, 0.15) is 0 Å². The van der Waals surface area contributed by atoms with Crippen molar-refractivity contribution in [1.29, 1.82) is 0 Å². The molecule has 25 heavy (non-hydrogen) atoms. The first kappa shape index (κ1) is 17.1. The molecule has 0 aliphatic rings. The Labute approximate surface area is 153 Å². The van der Waals surface area contributed by atoms with E-state index in [9.17, 15) is 9.59 Å². The van der Waals surface area contributed by atoms with Gasteiger partial charge in [0.2, 0.25) is 0 Å². The van der Waals surface area contributed by atoms with Crippen LogP contribution in [0.1, 0.15) is 25.6 Å². The molecule has 0 spiro atoms. The zero-order valence-corrected chi connectivity index (χ0v) is 14.8. The number of aryl methyl sites for hydroxylation is 1. The average Bonchev–Trinajstić information content (AvgIpc) is 2.92. The molecule has 0 aliphatic carbocycles. The molecule has 0 saturated heterocycles. The van der Waals surface area contributed by atoms with Crippen molar-refractivity contribution in [2.45, 2.75) is 6.92 Å². The van der Waals surface area contributed by atoms with Gasteiger partial charge in [0.15, 0.2) is 5.11 Å². The Balaban J connectivity index is 1.70. The number of amides is 1. The standard InChI is InChI=1S/C18H14N2O3S2/c1-10-13-4-2-3-5-14(13)25-15(10)16(21)20-18(24)19-12-8-6-11(7-9-12)17(22)23/h2-9H,1H3,(H,22,23)(H2,19,20,21,24). The van der Waals surface area contributed by atoms with E-state index < -0.39 is 5.97 Å². The number of nitrogens with one attached hydrogen (secondary N) is 2. The largest absolute Gasteiger partial charge is 0.478 e. The number of carbonyl (C=O) groups excluding carboxylic acids is 1. The second-order valence-corrected chi connectivity index (χ2v) is 6.80. The molecule has 2 aromatic carbocycles. The van der Waals surface area contributed by atoms with E-state index in [-0.39, 0.29) is 16.6 Å². The molecule has 0 fully saturated rings. The molecule has 3 rings (SSSR count). The van der Waals surface area contributed by atoms with Gasteiger partial charge < -0.3 is 10.4 Å². The Morgan fingerprint density at radius 3 is 2.40 bits per heavy atom. The predicted molar refractivity (Wildman–Crippen MR) is 104 cm³/mol. The highest BCUT2D eigenvalue weighted by Crippen LogP contribution is 2.30. The molecular weight excluding hydrogens is 356 g/mol. The maximum atomic E-state index is 12.5. The van der Waals surface area contributed by atoms with Gasteiger partial charge in [-0.15, -0.1) is 11.3 Å². The fraction of sp³-hybridized carbons (Fsp3) is 0.0556. The van der Waals surface area contributed by atoms with E-state index in [1.54, 1.807) is 12.1 Å². The number of aromatic carboxylic acids is 1. The summed E-state index contributed by atoms with van der Waals surface area (Å²) in [6.07, 6.45) is 0. The lowest BCUT2D eigenvalue weighted by Crippen LogP contribution is -2.33. The number of benzene rings is 2. The summed E-state index contributed by atoms with van der Waals surface area (Å²) in [4.78, 5) is 23.9. The minimum absolute atomic E-state index is 0.157. The summed E-state index contributed by atoms with van der Waals surface area (Å²) in [7, 11) is 0. The highest BCUT2D eigenvalue weighted by atomic mass is 32.1. The fourth-order valence-corrected chi connectivity index (χ4v) is 3.72.